The first kappa shape index (κ1) is 13.8. The van der Waals surface area contributed by atoms with Crippen molar-refractivity contribution in [1.82, 2.24) is 4.90 Å². The first-order chi connectivity index (χ1) is 9.11. The fourth-order valence-electron chi connectivity index (χ4n) is 2.40. The van der Waals surface area contributed by atoms with Crippen LogP contribution in [0.15, 0.2) is 24.3 Å². The fraction of sp³-hybridized carbons (Fsp3) is 0.500. The zero-order valence-corrected chi connectivity index (χ0v) is 11.0. The van der Waals surface area contributed by atoms with Crippen LogP contribution >= 0.6 is 0 Å². The summed E-state index contributed by atoms with van der Waals surface area (Å²) in [5.41, 5.74) is 5.65. The number of hydrogen-bond donors (Lipinski definition) is 1. The molecular formula is C14H19FN2O2. The van der Waals surface area contributed by atoms with E-state index in [9.17, 15) is 9.18 Å². The molecule has 0 aliphatic carbocycles. The van der Waals surface area contributed by atoms with E-state index in [0.717, 1.165) is 19.4 Å². The Hall–Kier alpha value is -1.62. The molecule has 1 aromatic carbocycles. The van der Waals surface area contributed by atoms with Gasteiger partial charge in [-0.3, -0.25) is 4.79 Å². The number of rotatable bonds is 4. The average Bonchev–Trinajstić information content (AvgIpc) is 2.86. The lowest BCUT2D eigenvalue weighted by molar-refractivity contribution is -0.138. The smallest absolute Gasteiger partial charge is 0.263 e. The van der Waals surface area contributed by atoms with Crippen molar-refractivity contribution in [3.63, 3.8) is 0 Å². The third-order valence-corrected chi connectivity index (χ3v) is 3.39. The van der Waals surface area contributed by atoms with Crippen LogP contribution in [0, 0.1) is 5.82 Å². The number of nitrogens with zero attached hydrogens (tertiary/aromatic N) is 1. The van der Waals surface area contributed by atoms with Gasteiger partial charge in [-0.25, -0.2) is 4.39 Å². The van der Waals surface area contributed by atoms with Gasteiger partial charge in [-0.15, -0.1) is 0 Å². The van der Waals surface area contributed by atoms with Crippen LogP contribution in [0.2, 0.25) is 0 Å². The molecule has 5 heteroatoms. The minimum Gasteiger partial charge on any atom is -0.481 e. The quantitative estimate of drug-likeness (QED) is 0.899. The molecule has 1 amide bonds. The molecule has 1 aromatic rings. The van der Waals surface area contributed by atoms with Crippen LogP contribution in [0.3, 0.4) is 0 Å². The van der Waals surface area contributed by atoms with Crippen LogP contribution < -0.4 is 10.5 Å². The number of carbonyl (C=O) groups excluding carboxylic acids is 1. The molecule has 0 spiro atoms. The van der Waals surface area contributed by atoms with Gasteiger partial charge in [-0.2, -0.15) is 0 Å². The van der Waals surface area contributed by atoms with Crippen molar-refractivity contribution in [2.24, 2.45) is 5.73 Å². The monoisotopic (exact) mass is 266 g/mol. The number of likely N-dealkylation sites (tertiary alicyclic amines) is 1. The van der Waals surface area contributed by atoms with E-state index in [0.29, 0.717) is 12.3 Å². The van der Waals surface area contributed by atoms with E-state index >= 15 is 0 Å². The summed E-state index contributed by atoms with van der Waals surface area (Å²) in [6.07, 6.45) is 1.28. The summed E-state index contributed by atoms with van der Waals surface area (Å²) >= 11 is 0. The van der Waals surface area contributed by atoms with E-state index < -0.39 is 6.10 Å². The topological polar surface area (TPSA) is 55.6 Å². The number of nitrogens with two attached hydrogens (primary N) is 1. The average molecular weight is 266 g/mol. The Morgan fingerprint density at radius 3 is 3.11 bits per heavy atom. The van der Waals surface area contributed by atoms with Crippen molar-refractivity contribution in [3.8, 4) is 5.75 Å². The molecule has 0 aromatic heterocycles. The number of carbonyl (C=O) groups is 1. The highest BCUT2D eigenvalue weighted by Crippen LogP contribution is 2.20. The second-order valence-corrected chi connectivity index (χ2v) is 4.78. The molecule has 2 rings (SSSR count). The second-order valence-electron chi connectivity index (χ2n) is 4.78. The van der Waals surface area contributed by atoms with Gasteiger partial charge in [0.05, 0.1) is 0 Å². The van der Waals surface area contributed by atoms with E-state index in [1.165, 1.54) is 12.1 Å². The van der Waals surface area contributed by atoms with Gasteiger partial charge < -0.3 is 15.4 Å². The van der Waals surface area contributed by atoms with Gasteiger partial charge in [0.15, 0.2) is 6.10 Å². The molecule has 19 heavy (non-hydrogen) atoms. The third-order valence-electron chi connectivity index (χ3n) is 3.39. The van der Waals surface area contributed by atoms with Crippen molar-refractivity contribution < 1.29 is 13.9 Å². The largest absolute Gasteiger partial charge is 0.481 e. The number of hydrogen-bond acceptors (Lipinski definition) is 3. The van der Waals surface area contributed by atoms with Gasteiger partial charge in [0.2, 0.25) is 0 Å². The normalized spacial score (nSPS) is 20.4. The highest BCUT2D eigenvalue weighted by atomic mass is 19.1. The molecule has 1 heterocycles. The predicted octanol–water partition coefficient (Wildman–Crippen LogP) is 1.54. The fourth-order valence-corrected chi connectivity index (χ4v) is 2.40. The lowest BCUT2D eigenvalue weighted by Crippen LogP contribution is -2.45. The Labute approximate surface area is 112 Å². The van der Waals surface area contributed by atoms with Gasteiger partial charge in [0.25, 0.3) is 5.91 Å². The van der Waals surface area contributed by atoms with Crippen LogP contribution in [0.4, 0.5) is 4.39 Å². The van der Waals surface area contributed by atoms with E-state index in [2.05, 4.69) is 0 Å². The summed E-state index contributed by atoms with van der Waals surface area (Å²) in [5.74, 6) is -0.0975. The van der Waals surface area contributed by atoms with Gasteiger partial charge in [-0.05, 0) is 31.9 Å². The van der Waals surface area contributed by atoms with E-state index in [-0.39, 0.29) is 17.8 Å². The number of ether oxygens (including phenoxy) is 1. The maximum Gasteiger partial charge on any atom is 0.263 e. The Morgan fingerprint density at radius 2 is 2.42 bits per heavy atom. The van der Waals surface area contributed by atoms with Crippen molar-refractivity contribution in [1.29, 1.82) is 0 Å². The standard InChI is InChI=1S/C14H19FN2O2/c1-10(19-13-6-2-4-11(15)8-13)14(18)17-7-3-5-12(17)9-16/h2,4,6,8,10,12H,3,5,7,9,16H2,1H3/t10-,12-/m0/s1. The molecule has 1 aliphatic rings. The highest BCUT2D eigenvalue weighted by Gasteiger charge is 2.31. The van der Waals surface area contributed by atoms with E-state index in [4.69, 9.17) is 10.5 Å². The van der Waals surface area contributed by atoms with Crippen molar-refractivity contribution in [2.45, 2.75) is 31.9 Å². The Balaban J connectivity index is 1.99. The molecule has 2 atom stereocenters. The maximum atomic E-state index is 13.0. The van der Waals surface area contributed by atoms with Gasteiger partial charge in [-0.1, -0.05) is 6.07 Å². The molecule has 0 saturated carbocycles. The van der Waals surface area contributed by atoms with Gasteiger partial charge in [0.1, 0.15) is 11.6 Å². The van der Waals surface area contributed by atoms with Crippen LogP contribution in [-0.2, 0) is 4.79 Å². The molecule has 2 N–H and O–H groups in total. The third kappa shape index (κ3) is 3.23. The Kier molecular flexibility index (Phi) is 4.37. The van der Waals surface area contributed by atoms with Gasteiger partial charge in [0, 0.05) is 25.2 Å². The summed E-state index contributed by atoms with van der Waals surface area (Å²) in [6, 6.07) is 5.90. The number of amides is 1. The molecule has 0 bridgehead atoms. The van der Waals surface area contributed by atoms with Crippen molar-refractivity contribution >= 4 is 5.91 Å². The molecule has 0 unspecified atom stereocenters. The SMILES string of the molecule is C[C@H](Oc1cccc(F)c1)C(=O)N1CCC[C@H]1CN. The Bertz CT molecular complexity index is 453. The summed E-state index contributed by atoms with van der Waals surface area (Å²) in [4.78, 5) is 14.0. The minimum absolute atomic E-state index is 0.0859. The molecule has 4 nitrogen and oxygen atoms in total. The van der Waals surface area contributed by atoms with Crippen LogP contribution in [-0.4, -0.2) is 36.0 Å². The van der Waals surface area contributed by atoms with Crippen molar-refractivity contribution in [3.05, 3.63) is 30.1 Å². The van der Waals surface area contributed by atoms with Crippen LogP contribution in [0.1, 0.15) is 19.8 Å². The zero-order valence-electron chi connectivity index (χ0n) is 11.0. The lowest BCUT2D eigenvalue weighted by atomic mass is 10.2. The molecule has 1 aliphatic heterocycles. The highest BCUT2D eigenvalue weighted by molar-refractivity contribution is 5.81. The Morgan fingerprint density at radius 1 is 1.63 bits per heavy atom. The van der Waals surface area contributed by atoms with Crippen LogP contribution in [0.25, 0.3) is 0 Å². The number of benzene rings is 1. The molecule has 0 radical (unpaired) electrons. The zero-order chi connectivity index (χ0) is 13.8. The maximum absolute atomic E-state index is 13.0. The molecule has 1 saturated heterocycles. The predicted molar refractivity (Wildman–Crippen MR) is 70.3 cm³/mol. The minimum atomic E-state index is -0.631. The molecule has 104 valence electrons. The molecular weight excluding hydrogens is 247 g/mol. The summed E-state index contributed by atoms with van der Waals surface area (Å²) in [7, 11) is 0. The van der Waals surface area contributed by atoms with E-state index in [1.807, 2.05) is 0 Å². The van der Waals surface area contributed by atoms with E-state index in [1.54, 1.807) is 24.0 Å². The summed E-state index contributed by atoms with van der Waals surface area (Å²) in [6.45, 7) is 2.87. The van der Waals surface area contributed by atoms with Crippen LogP contribution in [0.5, 0.6) is 5.75 Å². The first-order valence-electron chi connectivity index (χ1n) is 6.54. The summed E-state index contributed by atoms with van der Waals surface area (Å²) < 4.78 is 18.5. The van der Waals surface area contributed by atoms with Gasteiger partial charge >= 0.3 is 0 Å². The lowest BCUT2D eigenvalue weighted by Gasteiger charge is -2.26. The number of halogens is 1. The van der Waals surface area contributed by atoms with Crippen molar-refractivity contribution in [2.75, 3.05) is 13.1 Å². The second kappa shape index (κ2) is 6.02. The first-order valence-corrected chi connectivity index (χ1v) is 6.54. The molecule has 1 fully saturated rings. The summed E-state index contributed by atoms with van der Waals surface area (Å²) in [5, 5.41) is 0.